The zero-order valence-electron chi connectivity index (χ0n) is 20.9. The molecule has 3 aromatic carbocycles. The predicted molar refractivity (Wildman–Crippen MR) is 146 cm³/mol. The maximum Gasteiger partial charge on any atom is 0.273 e. The van der Waals surface area contributed by atoms with Crippen LogP contribution in [-0.4, -0.2) is 24.7 Å². The SMILES string of the molecule is COc1ccc(OC)c(C=c2sc(=C(C#N)C(=O)Nc3cccc(C)c3)n(-c3ccc(C)cc3)c2=O)c1. The molecule has 4 rings (SSSR count). The normalized spacial score (nSPS) is 12.0. The lowest BCUT2D eigenvalue weighted by molar-refractivity contribution is -0.111. The van der Waals surface area contributed by atoms with Gasteiger partial charge in [0.25, 0.3) is 11.5 Å². The predicted octanol–water partition coefficient (Wildman–Crippen LogP) is 3.67. The summed E-state index contributed by atoms with van der Waals surface area (Å²) in [6.45, 7) is 3.85. The van der Waals surface area contributed by atoms with Gasteiger partial charge in [-0.3, -0.25) is 14.2 Å². The van der Waals surface area contributed by atoms with Gasteiger partial charge in [-0.2, -0.15) is 5.26 Å². The number of aryl methyl sites for hydroxylation is 2. The highest BCUT2D eigenvalue weighted by Crippen LogP contribution is 2.24. The van der Waals surface area contributed by atoms with Gasteiger partial charge < -0.3 is 14.8 Å². The second-order valence-corrected chi connectivity index (χ2v) is 9.34. The smallest absolute Gasteiger partial charge is 0.273 e. The minimum Gasteiger partial charge on any atom is -0.497 e. The number of carbonyl (C=O) groups excluding carboxylic acids is 1. The monoisotopic (exact) mass is 511 g/mol. The Kier molecular flexibility index (Phi) is 7.56. The summed E-state index contributed by atoms with van der Waals surface area (Å²) in [6.07, 6.45) is 1.68. The van der Waals surface area contributed by atoms with E-state index < -0.39 is 5.91 Å². The molecule has 1 amide bonds. The van der Waals surface area contributed by atoms with Crippen LogP contribution in [-0.2, 0) is 4.79 Å². The molecule has 0 aliphatic heterocycles. The number of thiazole rings is 1. The number of hydrogen-bond acceptors (Lipinski definition) is 6. The van der Waals surface area contributed by atoms with Crippen molar-refractivity contribution in [1.82, 2.24) is 4.57 Å². The lowest BCUT2D eigenvalue weighted by Gasteiger charge is -2.07. The molecule has 7 nitrogen and oxygen atoms in total. The van der Waals surface area contributed by atoms with Gasteiger partial charge in [-0.1, -0.05) is 29.8 Å². The van der Waals surface area contributed by atoms with E-state index in [1.807, 2.05) is 50.2 Å². The van der Waals surface area contributed by atoms with Crippen molar-refractivity contribution in [2.45, 2.75) is 13.8 Å². The van der Waals surface area contributed by atoms with Gasteiger partial charge in [0, 0.05) is 11.3 Å². The molecular weight excluding hydrogens is 486 g/mol. The molecule has 37 heavy (non-hydrogen) atoms. The molecular formula is C29H25N3O4S. The molecule has 0 saturated heterocycles. The van der Waals surface area contributed by atoms with Gasteiger partial charge in [0.1, 0.15) is 22.2 Å². The lowest BCUT2D eigenvalue weighted by atomic mass is 10.2. The third kappa shape index (κ3) is 5.47. The quantitative estimate of drug-likeness (QED) is 0.426. The maximum absolute atomic E-state index is 13.7. The number of ether oxygens (including phenoxy) is 2. The zero-order chi connectivity index (χ0) is 26.5. The van der Waals surface area contributed by atoms with Crippen molar-refractivity contribution in [3.8, 4) is 23.3 Å². The summed E-state index contributed by atoms with van der Waals surface area (Å²) in [6, 6.07) is 21.9. The van der Waals surface area contributed by atoms with E-state index in [0.29, 0.717) is 33.0 Å². The molecule has 0 saturated carbocycles. The minimum atomic E-state index is -0.597. The molecule has 1 aromatic heterocycles. The summed E-state index contributed by atoms with van der Waals surface area (Å²) in [5.74, 6) is 0.559. The number of benzene rings is 3. The van der Waals surface area contributed by atoms with Gasteiger partial charge >= 0.3 is 0 Å². The van der Waals surface area contributed by atoms with Crippen LogP contribution < -0.4 is 29.5 Å². The highest BCUT2D eigenvalue weighted by molar-refractivity contribution is 7.07. The van der Waals surface area contributed by atoms with Crippen LogP contribution in [0.1, 0.15) is 16.7 Å². The Bertz CT molecular complexity index is 1690. The molecule has 4 aromatic rings. The van der Waals surface area contributed by atoms with Crippen molar-refractivity contribution in [2.24, 2.45) is 0 Å². The fraction of sp³-hybridized carbons (Fsp3) is 0.138. The first-order chi connectivity index (χ1) is 17.8. The molecule has 0 unspecified atom stereocenters. The number of nitriles is 1. The van der Waals surface area contributed by atoms with Gasteiger partial charge in [-0.05, 0) is 68.0 Å². The fourth-order valence-corrected chi connectivity index (χ4v) is 4.88. The van der Waals surface area contributed by atoms with E-state index in [2.05, 4.69) is 5.32 Å². The molecule has 0 atom stereocenters. The number of methoxy groups -OCH3 is 2. The molecule has 0 spiro atoms. The van der Waals surface area contributed by atoms with Crippen LogP contribution in [0.4, 0.5) is 5.69 Å². The van der Waals surface area contributed by atoms with Crippen LogP contribution >= 0.6 is 11.3 Å². The molecule has 0 aliphatic rings. The topological polar surface area (TPSA) is 93.3 Å². The van der Waals surface area contributed by atoms with E-state index in [1.165, 1.54) is 4.57 Å². The van der Waals surface area contributed by atoms with Crippen molar-refractivity contribution < 1.29 is 14.3 Å². The van der Waals surface area contributed by atoms with Crippen LogP contribution in [0.5, 0.6) is 11.5 Å². The Balaban J connectivity index is 1.99. The number of nitrogens with one attached hydrogen (secondary N) is 1. The van der Waals surface area contributed by atoms with Crippen LogP contribution in [0, 0.1) is 25.2 Å². The number of carbonyl (C=O) groups is 1. The number of rotatable bonds is 6. The second kappa shape index (κ2) is 11.0. The van der Waals surface area contributed by atoms with Crippen LogP contribution in [0.25, 0.3) is 17.3 Å². The third-order valence-electron chi connectivity index (χ3n) is 5.67. The first-order valence-corrected chi connectivity index (χ1v) is 12.2. The standard InChI is InChI=1S/C29H25N3O4S/c1-18-8-10-22(11-9-18)32-28(34)26(16-20-15-23(35-3)12-13-25(20)36-4)37-29(32)24(17-30)27(33)31-21-7-5-6-19(2)14-21/h5-16H,1-4H3,(H,31,33). The largest absolute Gasteiger partial charge is 0.497 e. The Labute approximate surface area is 218 Å². The van der Waals surface area contributed by atoms with Gasteiger partial charge in [0.15, 0.2) is 5.57 Å². The van der Waals surface area contributed by atoms with Gasteiger partial charge in [-0.15, -0.1) is 11.3 Å². The molecule has 8 heteroatoms. The summed E-state index contributed by atoms with van der Waals surface area (Å²) >= 11 is 1.07. The molecule has 1 N–H and O–H groups in total. The van der Waals surface area contributed by atoms with E-state index in [9.17, 15) is 14.9 Å². The maximum atomic E-state index is 13.7. The Morgan fingerprint density at radius 3 is 2.41 bits per heavy atom. The second-order valence-electron chi connectivity index (χ2n) is 8.31. The summed E-state index contributed by atoms with van der Waals surface area (Å²) in [5, 5.41) is 12.8. The van der Waals surface area contributed by atoms with Crippen molar-refractivity contribution in [2.75, 3.05) is 19.5 Å². The summed E-state index contributed by atoms with van der Waals surface area (Å²) in [4.78, 5) is 26.9. The fourth-order valence-electron chi connectivity index (χ4n) is 3.78. The van der Waals surface area contributed by atoms with E-state index in [-0.39, 0.29) is 15.8 Å². The van der Waals surface area contributed by atoms with E-state index in [4.69, 9.17) is 9.47 Å². The van der Waals surface area contributed by atoms with Crippen molar-refractivity contribution in [3.63, 3.8) is 0 Å². The van der Waals surface area contributed by atoms with E-state index in [1.54, 1.807) is 56.7 Å². The Hall–Kier alpha value is -4.61. The van der Waals surface area contributed by atoms with Crippen molar-refractivity contribution >= 4 is 34.6 Å². The number of nitrogens with zero attached hydrogens (tertiary/aromatic N) is 2. The molecule has 0 fully saturated rings. The summed E-state index contributed by atoms with van der Waals surface area (Å²) in [5.41, 5.74) is 3.20. The Morgan fingerprint density at radius 1 is 1.00 bits per heavy atom. The minimum absolute atomic E-state index is 0.165. The van der Waals surface area contributed by atoms with Crippen molar-refractivity contribution in [3.05, 3.63) is 103 Å². The highest BCUT2D eigenvalue weighted by Gasteiger charge is 2.18. The van der Waals surface area contributed by atoms with Gasteiger partial charge in [-0.25, -0.2) is 0 Å². The third-order valence-corrected chi connectivity index (χ3v) is 6.76. The first-order valence-electron chi connectivity index (χ1n) is 11.4. The number of hydrogen-bond donors (Lipinski definition) is 1. The average Bonchev–Trinajstić information content (AvgIpc) is 3.20. The van der Waals surface area contributed by atoms with Crippen LogP contribution in [0.2, 0.25) is 0 Å². The van der Waals surface area contributed by atoms with Gasteiger partial charge in [0.05, 0.1) is 24.4 Å². The summed E-state index contributed by atoms with van der Waals surface area (Å²) in [7, 11) is 3.10. The van der Waals surface area contributed by atoms with Gasteiger partial charge in [0.2, 0.25) is 0 Å². The molecule has 0 radical (unpaired) electrons. The van der Waals surface area contributed by atoms with Crippen molar-refractivity contribution in [1.29, 1.82) is 5.26 Å². The molecule has 186 valence electrons. The lowest BCUT2D eigenvalue weighted by Crippen LogP contribution is -2.32. The zero-order valence-corrected chi connectivity index (χ0v) is 21.7. The molecule has 0 bridgehead atoms. The van der Waals surface area contributed by atoms with E-state index >= 15 is 0 Å². The average molecular weight is 512 g/mol. The molecule has 0 aliphatic carbocycles. The van der Waals surface area contributed by atoms with Crippen LogP contribution in [0.15, 0.2) is 71.5 Å². The number of anilines is 1. The Morgan fingerprint density at radius 2 is 1.76 bits per heavy atom. The van der Waals surface area contributed by atoms with E-state index in [0.717, 1.165) is 22.5 Å². The number of aromatic nitrogens is 1. The molecule has 1 heterocycles. The first kappa shape index (κ1) is 25.5. The highest BCUT2D eigenvalue weighted by atomic mass is 32.1. The summed E-state index contributed by atoms with van der Waals surface area (Å²) < 4.78 is 12.8. The van der Waals surface area contributed by atoms with Crippen LogP contribution in [0.3, 0.4) is 0 Å². The number of amides is 1.